The quantitative estimate of drug-likeness (QED) is 0.792. The van der Waals surface area contributed by atoms with Gasteiger partial charge >= 0.3 is 12.1 Å². The lowest BCUT2D eigenvalue weighted by molar-refractivity contribution is 0.00456. The van der Waals surface area contributed by atoms with Crippen molar-refractivity contribution in [1.82, 2.24) is 9.47 Å². The number of aromatic nitrogens is 1. The van der Waals surface area contributed by atoms with Crippen molar-refractivity contribution in [2.24, 2.45) is 5.41 Å². The molecule has 0 saturated heterocycles. The first-order chi connectivity index (χ1) is 13.1. The second kappa shape index (κ2) is 7.30. The third-order valence-corrected chi connectivity index (χ3v) is 5.25. The predicted molar refractivity (Wildman–Crippen MR) is 103 cm³/mol. The van der Waals surface area contributed by atoms with Gasteiger partial charge in [-0.25, -0.2) is 14.0 Å². The van der Waals surface area contributed by atoms with Gasteiger partial charge in [0.15, 0.2) is 0 Å². The molecule has 0 saturated carbocycles. The van der Waals surface area contributed by atoms with Crippen LogP contribution in [-0.2, 0) is 17.8 Å². The number of benzene rings is 1. The number of esters is 1. The molecule has 1 amide bonds. The van der Waals surface area contributed by atoms with Crippen LogP contribution in [-0.4, -0.2) is 39.3 Å². The van der Waals surface area contributed by atoms with Crippen molar-refractivity contribution in [1.29, 1.82) is 0 Å². The Kier molecular flexibility index (Phi) is 5.19. The minimum absolute atomic E-state index is 0.0823. The summed E-state index contributed by atoms with van der Waals surface area (Å²) in [5.74, 6) is -0.932. The van der Waals surface area contributed by atoms with E-state index in [2.05, 4.69) is 0 Å². The number of rotatable bonds is 3. The van der Waals surface area contributed by atoms with Gasteiger partial charge in [0.25, 0.3) is 0 Å². The average molecular weight is 388 g/mol. The van der Waals surface area contributed by atoms with E-state index in [1.807, 2.05) is 32.3 Å². The summed E-state index contributed by atoms with van der Waals surface area (Å²) in [5, 5.41) is 9.36. The van der Waals surface area contributed by atoms with Gasteiger partial charge in [-0.1, -0.05) is 32.9 Å². The van der Waals surface area contributed by atoms with Crippen LogP contribution in [0.25, 0.3) is 11.1 Å². The number of halogens is 1. The van der Waals surface area contributed by atoms with Crippen LogP contribution < -0.4 is 0 Å². The monoisotopic (exact) mass is 388 g/mol. The second-order valence-electron chi connectivity index (χ2n) is 8.19. The molecule has 0 aliphatic carbocycles. The predicted octanol–water partition coefficient (Wildman–Crippen LogP) is 4.38. The maximum atomic E-state index is 13.8. The first kappa shape index (κ1) is 19.9. The highest BCUT2D eigenvalue weighted by molar-refractivity contribution is 5.99. The summed E-state index contributed by atoms with van der Waals surface area (Å²) in [6.07, 6.45) is 0.388. The third-order valence-electron chi connectivity index (χ3n) is 5.25. The van der Waals surface area contributed by atoms with E-state index in [4.69, 9.17) is 4.74 Å². The number of nitrogens with zero attached hydrogens (tertiary/aromatic N) is 2. The Morgan fingerprint density at radius 2 is 1.96 bits per heavy atom. The lowest BCUT2D eigenvalue weighted by Crippen LogP contribution is -2.38. The van der Waals surface area contributed by atoms with Crippen LogP contribution in [0.3, 0.4) is 0 Å². The van der Waals surface area contributed by atoms with E-state index in [9.17, 15) is 19.1 Å². The van der Waals surface area contributed by atoms with Gasteiger partial charge in [0.05, 0.1) is 17.8 Å². The van der Waals surface area contributed by atoms with E-state index in [-0.39, 0.29) is 18.1 Å². The zero-order valence-electron chi connectivity index (χ0n) is 16.5. The van der Waals surface area contributed by atoms with Crippen LogP contribution >= 0.6 is 0 Å². The van der Waals surface area contributed by atoms with Crippen molar-refractivity contribution in [2.75, 3.05) is 6.54 Å². The zero-order chi connectivity index (χ0) is 20.6. The molecule has 1 N–H and O–H groups in total. The molecule has 0 fully saturated rings. The fraction of sp³-hybridized carbons (Fsp3) is 0.429. The SMILES string of the molecule is CC(OC(=O)c1c(-c2cccc(F)c2)cn2c1CN(C(=O)O)CC2)C(C)(C)C. The summed E-state index contributed by atoms with van der Waals surface area (Å²) < 4.78 is 21.4. The Morgan fingerprint density at radius 3 is 2.57 bits per heavy atom. The fourth-order valence-corrected chi connectivity index (χ4v) is 3.12. The van der Waals surface area contributed by atoms with Gasteiger partial charge in [0, 0.05) is 24.8 Å². The van der Waals surface area contributed by atoms with Crippen LogP contribution in [0.1, 0.15) is 43.7 Å². The van der Waals surface area contributed by atoms with Crippen LogP contribution in [0.15, 0.2) is 30.5 Å². The number of amides is 1. The third kappa shape index (κ3) is 3.88. The number of carbonyl (C=O) groups is 2. The summed E-state index contributed by atoms with van der Waals surface area (Å²) in [6, 6.07) is 6.01. The summed E-state index contributed by atoms with van der Waals surface area (Å²) in [5.41, 5.74) is 1.72. The highest BCUT2D eigenvalue weighted by Gasteiger charge is 2.32. The van der Waals surface area contributed by atoms with Gasteiger partial charge in [-0.15, -0.1) is 0 Å². The molecule has 1 aliphatic heterocycles. The van der Waals surface area contributed by atoms with Crippen molar-refractivity contribution in [3.63, 3.8) is 0 Å². The van der Waals surface area contributed by atoms with E-state index in [0.717, 1.165) is 0 Å². The zero-order valence-corrected chi connectivity index (χ0v) is 16.5. The van der Waals surface area contributed by atoms with E-state index in [0.29, 0.717) is 35.5 Å². The number of carbonyl (C=O) groups excluding carboxylic acids is 1. The molecule has 1 atom stereocenters. The van der Waals surface area contributed by atoms with Crippen molar-refractivity contribution in [3.05, 3.63) is 47.5 Å². The van der Waals surface area contributed by atoms with E-state index in [1.165, 1.54) is 17.0 Å². The molecular formula is C21H25FN2O4. The van der Waals surface area contributed by atoms with Gasteiger partial charge in [-0.05, 0) is 30.0 Å². The van der Waals surface area contributed by atoms with Gasteiger partial charge in [0.1, 0.15) is 11.9 Å². The highest BCUT2D eigenvalue weighted by atomic mass is 19.1. The van der Waals surface area contributed by atoms with Crippen molar-refractivity contribution in [3.8, 4) is 11.1 Å². The van der Waals surface area contributed by atoms with Gasteiger partial charge in [0.2, 0.25) is 0 Å². The lowest BCUT2D eigenvalue weighted by atomic mass is 9.90. The molecule has 3 rings (SSSR count). The number of carboxylic acid groups (broad SMARTS) is 1. The molecule has 1 unspecified atom stereocenters. The Balaban J connectivity index is 2.08. The number of hydrogen-bond donors (Lipinski definition) is 1. The summed E-state index contributed by atoms with van der Waals surface area (Å²) in [6.45, 7) is 8.57. The van der Waals surface area contributed by atoms with E-state index in [1.54, 1.807) is 18.3 Å². The Hall–Kier alpha value is -2.83. The number of fused-ring (bicyclic) bond motifs is 1. The molecule has 150 valence electrons. The molecule has 0 bridgehead atoms. The topological polar surface area (TPSA) is 71.8 Å². The maximum absolute atomic E-state index is 13.8. The average Bonchev–Trinajstić information content (AvgIpc) is 2.99. The molecule has 28 heavy (non-hydrogen) atoms. The molecule has 2 aromatic rings. The molecule has 1 aliphatic rings. The first-order valence-corrected chi connectivity index (χ1v) is 9.24. The summed E-state index contributed by atoms with van der Waals surface area (Å²) >= 11 is 0. The van der Waals surface area contributed by atoms with Crippen LogP contribution in [0.5, 0.6) is 0 Å². The molecule has 0 spiro atoms. The summed E-state index contributed by atoms with van der Waals surface area (Å²) in [7, 11) is 0. The Bertz CT molecular complexity index is 914. The number of hydrogen-bond acceptors (Lipinski definition) is 3. The summed E-state index contributed by atoms with van der Waals surface area (Å²) in [4.78, 5) is 25.8. The molecule has 1 aromatic heterocycles. The highest BCUT2D eigenvalue weighted by Crippen LogP contribution is 2.33. The van der Waals surface area contributed by atoms with Crippen molar-refractivity contribution >= 4 is 12.1 Å². The van der Waals surface area contributed by atoms with E-state index < -0.39 is 17.9 Å². The molecule has 0 radical (unpaired) electrons. The van der Waals surface area contributed by atoms with Crippen LogP contribution in [0.2, 0.25) is 0 Å². The second-order valence-corrected chi connectivity index (χ2v) is 8.19. The first-order valence-electron chi connectivity index (χ1n) is 9.24. The molecular weight excluding hydrogens is 363 g/mol. The Labute approximate surface area is 163 Å². The standard InChI is InChI=1S/C21H25FN2O4/c1-13(21(2,3)4)28-19(25)18-16(14-6-5-7-15(22)10-14)11-23-8-9-24(20(26)27)12-17(18)23/h5-7,10-11,13H,8-9,12H2,1-4H3,(H,26,27). The molecule has 7 heteroatoms. The normalized spacial score (nSPS) is 15.1. The molecule has 6 nitrogen and oxygen atoms in total. The molecule has 1 aromatic carbocycles. The number of ether oxygens (including phenoxy) is 1. The van der Waals surface area contributed by atoms with Gasteiger partial charge in [-0.2, -0.15) is 0 Å². The van der Waals surface area contributed by atoms with Gasteiger partial charge in [-0.3, -0.25) is 0 Å². The Morgan fingerprint density at radius 1 is 1.25 bits per heavy atom. The minimum Gasteiger partial charge on any atom is -0.465 e. The van der Waals surface area contributed by atoms with Crippen LogP contribution in [0.4, 0.5) is 9.18 Å². The van der Waals surface area contributed by atoms with Crippen molar-refractivity contribution < 1.29 is 23.8 Å². The fourth-order valence-electron chi connectivity index (χ4n) is 3.12. The van der Waals surface area contributed by atoms with Crippen LogP contribution in [0, 0.1) is 11.2 Å². The minimum atomic E-state index is -1.04. The smallest absolute Gasteiger partial charge is 0.407 e. The lowest BCUT2D eigenvalue weighted by Gasteiger charge is -2.29. The van der Waals surface area contributed by atoms with Crippen molar-refractivity contribution in [2.45, 2.75) is 46.9 Å². The maximum Gasteiger partial charge on any atom is 0.407 e. The van der Waals surface area contributed by atoms with E-state index >= 15 is 0 Å². The largest absolute Gasteiger partial charge is 0.465 e. The van der Waals surface area contributed by atoms with Gasteiger partial charge < -0.3 is 19.3 Å². The molecule has 2 heterocycles.